The van der Waals surface area contributed by atoms with Crippen molar-refractivity contribution in [2.45, 2.75) is 13.1 Å². The minimum Gasteiger partial charge on any atom is -0.366 e. The van der Waals surface area contributed by atoms with Gasteiger partial charge in [0.2, 0.25) is 0 Å². The van der Waals surface area contributed by atoms with Gasteiger partial charge in [-0.3, -0.25) is 9.13 Å². The Morgan fingerprint density at radius 1 is 1.29 bits per heavy atom. The van der Waals surface area contributed by atoms with Crippen LogP contribution in [0.5, 0.6) is 0 Å². The molecule has 0 atom stereocenters. The lowest BCUT2D eigenvalue weighted by molar-refractivity contribution is 0.377. The second-order valence-electron chi connectivity index (χ2n) is 5.05. The average molecular weight is 353 g/mol. The molecule has 0 amide bonds. The maximum Gasteiger partial charge on any atom is 0.349 e. The molecular weight excluding hydrogens is 336 g/mol. The van der Waals surface area contributed by atoms with E-state index < -0.39 is 13.3 Å². The van der Waals surface area contributed by atoms with Crippen LogP contribution in [0, 0.1) is 5.82 Å². The molecule has 1 heterocycles. The van der Waals surface area contributed by atoms with E-state index in [0.29, 0.717) is 12.4 Å². The van der Waals surface area contributed by atoms with Gasteiger partial charge in [-0.15, -0.1) is 0 Å². The minimum atomic E-state index is -4.08. The van der Waals surface area contributed by atoms with E-state index in [2.05, 4.69) is 10.3 Å². The van der Waals surface area contributed by atoms with Gasteiger partial charge in [0.1, 0.15) is 11.6 Å². The molecule has 7 nitrogen and oxygen atoms in total. The molecule has 0 unspecified atom stereocenters. The summed E-state index contributed by atoms with van der Waals surface area (Å²) in [6.07, 6.45) is 3.96. The first-order chi connectivity index (χ1) is 11.3. The Bertz CT molecular complexity index is 831. The van der Waals surface area contributed by atoms with Crippen molar-refractivity contribution < 1.29 is 18.7 Å². The van der Waals surface area contributed by atoms with Crippen molar-refractivity contribution in [1.82, 2.24) is 9.55 Å². The maximum atomic E-state index is 13.1. The van der Waals surface area contributed by atoms with Gasteiger partial charge in [-0.25, -0.2) is 9.18 Å². The lowest BCUT2D eigenvalue weighted by Crippen LogP contribution is -2.22. The second-order valence-corrected chi connectivity index (χ2v) is 6.74. The number of nitrogens with zero attached hydrogens (tertiary/aromatic N) is 2. The van der Waals surface area contributed by atoms with Crippen LogP contribution in [-0.4, -0.2) is 25.5 Å². The van der Waals surface area contributed by atoms with Gasteiger partial charge >= 0.3 is 13.3 Å². The summed E-state index contributed by atoms with van der Waals surface area (Å²) >= 11 is 0. The Kier molecular flexibility index (Phi) is 6.03. The SMILES string of the molecule is O=c1nc(NCc2cccc(F)c2)ccn1C/C=C/CP(=O)(O)O. The number of nitrogens with one attached hydrogen (secondary N) is 1. The van der Waals surface area contributed by atoms with Crippen molar-refractivity contribution in [1.29, 1.82) is 0 Å². The fourth-order valence-corrected chi connectivity index (χ4v) is 2.33. The Morgan fingerprint density at radius 2 is 2.08 bits per heavy atom. The number of anilines is 1. The van der Waals surface area contributed by atoms with Crippen LogP contribution in [0.3, 0.4) is 0 Å². The molecule has 1 aromatic heterocycles. The van der Waals surface area contributed by atoms with Crippen molar-refractivity contribution in [2.24, 2.45) is 0 Å². The highest BCUT2D eigenvalue weighted by atomic mass is 31.2. The zero-order chi connectivity index (χ0) is 17.6. The highest BCUT2D eigenvalue weighted by molar-refractivity contribution is 7.51. The third-order valence-electron chi connectivity index (χ3n) is 3.05. The Morgan fingerprint density at radius 3 is 2.75 bits per heavy atom. The third-order valence-corrected chi connectivity index (χ3v) is 3.74. The first-order valence-electron chi connectivity index (χ1n) is 7.09. The summed E-state index contributed by atoms with van der Waals surface area (Å²) in [5, 5.41) is 2.93. The summed E-state index contributed by atoms with van der Waals surface area (Å²) in [6.45, 7) is 0.492. The lowest BCUT2D eigenvalue weighted by atomic mass is 10.2. The molecule has 0 saturated heterocycles. The largest absolute Gasteiger partial charge is 0.366 e. The molecule has 0 bridgehead atoms. The summed E-state index contributed by atoms with van der Waals surface area (Å²) in [5.41, 5.74) is 0.224. The molecule has 0 saturated carbocycles. The summed E-state index contributed by atoms with van der Waals surface area (Å²) in [5.74, 6) is 0.0273. The van der Waals surface area contributed by atoms with Crippen LogP contribution in [0.15, 0.2) is 53.5 Å². The van der Waals surface area contributed by atoms with Gasteiger partial charge in [0, 0.05) is 19.3 Å². The number of halogens is 1. The van der Waals surface area contributed by atoms with Crippen LogP contribution in [-0.2, 0) is 17.7 Å². The van der Waals surface area contributed by atoms with E-state index in [1.807, 2.05) is 0 Å². The molecule has 1 aromatic carbocycles. The highest BCUT2D eigenvalue weighted by Crippen LogP contribution is 2.33. The van der Waals surface area contributed by atoms with Crippen LogP contribution < -0.4 is 11.0 Å². The van der Waals surface area contributed by atoms with Crippen LogP contribution in [0.1, 0.15) is 5.56 Å². The topological polar surface area (TPSA) is 104 Å². The van der Waals surface area contributed by atoms with E-state index in [1.165, 1.54) is 35.0 Å². The second kappa shape index (κ2) is 8.01. The molecule has 0 radical (unpaired) electrons. The maximum absolute atomic E-state index is 13.1. The van der Waals surface area contributed by atoms with Crippen molar-refractivity contribution >= 4 is 13.4 Å². The van der Waals surface area contributed by atoms with Gasteiger partial charge in [-0.1, -0.05) is 24.3 Å². The standard InChI is InChI=1S/C15H17FN3O4P/c16-13-5-3-4-12(10-13)11-17-14-6-8-19(15(20)18-14)7-1-2-9-24(21,22)23/h1-6,8,10H,7,9,11H2,(H,17,18,20)(H2,21,22,23)/b2-1+. The van der Waals surface area contributed by atoms with E-state index in [0.717, 1.165) is 5.56 Å². The fraction of sp³-hybridized carbons (Fsp3) is 0.200. The quantitative estimate of drug-likeness (QED) is 0.517. The number of hydrogen-bond donors (Lipinski definition) is 3. The lowest BCUT2D eigenvalue weighted by Gasteiger charge is -2.07. The predicted octanol–water partition coefficient (Wildman–Crippen LogP) is 1.73. The van der Waals surface area contributed by atoms with E-state index in [1.54, 1.807) is 18.2 Å². The first-order valence-corrected chi connectivity index (χ1v) is 8.89. The van der Waals surface area contributed by atoms with Crippen LogP contribution >= 0.6 is 7.60 Å². The van der Waals surface area contributed by atoms with Gasteiger partial charge in [0.05, 0.1) is 6.16 Å². The zero-order valence-corrected chi connectivity index (χ0v) is 13.6. The molecule has 0 spiro atoms. The predicted molar refractivity (Wildman–Crippen MR) is 88.3 cm³/mol. The summed E-state index contributed by atoms with van der Waals surface area (Å²) < 4.78 is 25.1. The normalized spacial score (nSPS) is 11.8. The van der Waals surface area contributed by atoms with Crippen LogP contribution in [0.2, 0.25) is 0 Å². The summed E-state index contributed by atoms with van der Waals surface area (Å²) in [4.78, 5) is 33.2. The smallest absolute Gasteiger partial charge is 0.349 e. The molecular formula is C15H17FN3O4P. The van der Waals surface area contributed by atoms with Crippen molar-refractivity contribution in [3.63, 3.8) is 0 Å². The minimum absolute atomic E-state index is 0.163. The van der Waals surface area contributed by atoms with Gasteiger partial charge in [-0.05, 0) is 23.8 Å². The zero-order valence-electron chi connectivity index (χ0n) is 12.7. The molecule has 3 N–H and O–H groups in total. The van der Waals surface area contributed by atoms with Gasteiger partial charge in [-0.2, -0.15) is 4.98 Å². The third kappa shape index (κ3) is 6.08. The molecule has 0 fully saturated rings. The van der Waals surface area contributed by atoms with Gasteiger partial charge in [0.25, 0.3) is 0 Å². The van der Waals surface area contributed by atoms with Crippen molar-refractivity contribution in [3.05, 3.63) is 70.5 Å². The molecule has 0 aliphatic heterocycles. The number of aromatic nitrogens is 2. The fourth-order valence-electron chi connectivity index (χ4n) is 1.91. The molecule has 0 aliphatic rings. The molecule has 128 valence electrons. The first kappa shape index (κ1) is 18.1. The van der Waals surface area contributed by atoms with E-state index >= 15 is 0 Å². The number of allylic oxidation sites excluding steroid dienone is 2. The average Bonchev–Trinajstić information content (AvgIpc) is 2.50. The van der Waals surface area contributed by atoms with Crippen molar-refractivity contribution in [2.75, 3.05) is 11.5 Å². The molecule has 9 heteroatoms. The number of benzene rings is 1. The molecule has 2 rings (SSSR count). The van der Waals surface area contributed by atoms with Gasteiger partial charge in [0.15, 0.2) is 0 Å². The van der Waals surface area contributed by atoms with Crippen LogP contribution in [0.25, 0.3) is 0 Å². The Labute approximate surface area is 137 Å². The summed E-state index contributed by atoms with van der Waals surface area (Å²) in [7, 11) is -4.08. The van der Waals surface area contributed by atoms with E-state index in [9.17, 15) is 13.8 Å². The highest BCUT2D eigenvalue weighted by Gasteiger charge is 2.08. The molecule has 24 heavy (non-hydrogen) atoms. The van der Waals surface area contributed by atoms with Gasteiger partial charge < -0.3 is 15.1 Å². The monoisotopic (exact) mass is 353 g/mol. The van der Waals surface area contributed by atoms with Crippen LogP contribution in [0.4, 0.5) is 10.2 Å². The number of rotatable bonds is 7. The summed E-state index contributed by atoms with van der Waals surface area (Å²) in [6, 6.07) is 7.69. The van der Waals surface area contributed by atoms with E-state index in [-0.39, 0.29) is 18.5 Å². The Hall–Kier alpha value is -2.28. The molecule has 2 aromatic rings. The Balaban J connectivity index is 1.94. The number of hydrogen-bond acceptors (Lipinski definition) is 4. The van der Waals surface area contributed by atoms with Crippen molar-refractivity contribution in [3.8, 4) is 0 Å². The van der Waals surface area contributed by atoms with E-state index in [4.69, 9.17) is 9.79 Å². The molecule has 0 aliphatic carbocycles.